The van der Waals surface area contributed by atoms with Crippen LogP contribution in [0.4, 0.5) is 14.6 Å². The van der Waals surface area contributed by atoms with E-state index in [9.17, 15) is 14.7 Å². The number of carbonyl (C=O) groups excluding carboxylic acids is 1. The van der Waals surface area contributed by atoms with Crippen LogP contribution in [0.1, 0.15) is 65.1 Å². The highest BCUT2D eigenvalue weighted by Gasteiger charge is 2.44. The van der Waals surface area contributed by atoms with Crippen molar-refractivity contribution in [2.45, 2.75) is 37.9 Å². The molecule has 0 radical (unpaired) electrons. The quantitative estimate of drug-likeness (QED) is 0.374. The predicted molar refractivity (Wildman–Crippen MR) is 143 cm³/mol. The number of benzene rings is 2. The van der Waals surface area contributed by atoms with Crippen LogP contribution >= 0.6 is 0 Å². The van der Waals surface area contributed by atoms with Gasteiger partial charge in [0.05, 0.1) is 24.2 Å². The number of hydrogen-bond donors (Lipinski definition) is 1. The minimum atomic E-state index is -1.29. The van der Waals surface area contributed by atoms with Gasteiger partial charge in [-0.1, -0.05) is 30.3 Å². The van der Waals surface area contributed by atoms with Crippen LogP contribution in [-0.2, 0) is 4.79 Å². The number of carboxylic acids is 1. The highest BCUT2D eigenvalue weighted by atomic mass is 19.1. The summed E-state index contributed by atoms with van der Waals surface area (Å²) in [6.07, 6.45) is 0.218. The molecule has 2 aromatic heterocycles. The fraction of sp³-hybridized carbons (Fsp3) is 0.333. The van der Waals surface area contributed by atoms with Gasteiger partial charge in [-0.25, -0.2) is 13.8 Å². The molecule has 10 heteroatoms. The third kappa shape index (κ3) is 3.92. The zero-order valence-corrected chi connectivity index (χ0v) is 21.8. The normalized spacial score (nSPS) is 23.6. The zero-order chi connectivity index (χ0) is 27.7. The maximum atomic E-state index is 15.2. The molecular formula is C30H27F2N5O3. The van der Waals surface area contributed by atoms with Crippen LogP contribution in [0.2, 0.25) is 0 Å². The molecule has 1 aliphatic carbocycles. The molecule has 2 aliphatic heterocycles. The van der Waals surface area contributed by atoms with Gasteiger partial charge in [-0.15, -0.1) is 0 Å². The fourth-order valence-electron chi connectivity index (χ4n) is 5.96. The Hall–Kier alpha value is -4.34. The molecule has 3 aliphatic rings. The van der Waals surface area contributed by atoms with E-state index in [-0.39, 0.29) is 35.7 Å². The summed E-state index contributed by atoms with van der Waals surface area (Å²) in [4.78, 5) is 33.2. The van der Waals surface area contributed by atoms with E-state index in [1.807, 2.05) is 19.1 Å². The van der Waals surface area contributed by atoms with Crippen LogP contribution in [0.3, 0.4) is 0 Å². The molecule has 2 fully saturated rings. The smallest absolute Gasteiger partial charge is 0.307 e. The molecule has 1 unspecified atom stereocenters. The second-order valence-electron chi connectivity index (χ2n) is 10.9. The first kappa shape index (κ1) is 24.7. The lowest BCUT2D eigenvalue weighted by Crippen LogP contribution is -2.41. The van der Waals surface area contributed by atoms with Crippen molar-refractivity contribution in [3.8, 4) is 11.3 Å². The van der Waals surface area contributed by atoms with Gasteiger partial charge < -0.3 is 14.9 Å². The Morgan fingerprint density at radius 3 is 2.50 bits per heavy atom. The summed E-state index contributed by atoms with van der Waals surface area (Å²) in [7, 11) is 0. The lowest BCUT2D eigenvalue weighted by atomic mass is 9.92. The second-order valence-corrected chi connectivity index (χ2v) is 10.9. The van der Waals surface area contributed by atoms with Gasteiger partial charge in [0, 0.05) is 30.8 Å². The highest BCUT2D eigenvalue weighted by molar-refractivity contribution is 5.94. The van der Waals surface area contributed by atoms with Gasteiger partial charge in [0.2, 0.25) is 0 Å². The average molecular weight is 544 g/mol. The van der Waals surface area contributed by atoms with E-state index in [2.05, 4.69) is 15.0 Å². The van der Waals surface area contributed by atoms with Crippen molar-refractivity contribution >= 4 is 23.3 Å². The Balaban J connectivity index is 1.25. The molecule has 1 amide bonds. The Morgan fingerprint density at radius 1 is 1.05 bits per heavy atom. The molecule has 204 valence electrons. The van der Waals surface area contributed by atoms with Gasteiger partial charge in [-0.2, -0.15) is 9.61 Å². The van der Waals surface area contributed by atoms with E-state index in [1.54, 1.807) is 40.9 Å². The summed E-state index contributed by atoms with van der Waals surface area (Å²) in [5.74, 6) is -1.70. The number of carbonyl (C=O) groups is 2. The Kier molecular flexibility index (Phi) is 5.62. The summed E-state index contributed by atoms with van der Waals surface area (Å²) in [5.41, 5.74) is 3.25. The van der Waals surface area contributed by atoms with E-state index < -0.39 is 23.9 Å². The predicted octanol–water partition coefficient (Wildman–Crippen LogP) is 5.16. The van der Waals surface area contributed by atoms with Crippen molar-refractivity contribution in [2.75, 3.05) is 24.5 Å². The maximum absolute atomic E-state index is 15.2. The minimum Gasteiger partial charge on any atom is -0.481 e. The van der Waals surface area contributed by atoms with E-state index in [1.165, 1.54) is 11.0 Å². The maximum Gasteiger partial charge on any atom is 0.307 e. The van der Waals surface area contributed by atoms with Crippen molar-refractivity contribution in [3.05, 3.63) is 82.8 Å². The molecule has 1 N–H and O–H groups in total. The number of hydrogen-bond acceptors (Lipinski definition) is 5. The summed E-state index contributed by atoms with van der Waals surface area (Å²) >= 11 is 0. The summed E-state index contributed by atoms with van der Waals surface area (Å²) in [6.45, 7) is 3.41. The van der Waals surface area contributed by atoms with Crippen molar-refractivity contribution < 1.29 is 23.5 Å². The molecule has 4 atom stereocenters. The Bertz CT molecular complexity index is 1680. The topological polar surface area (TPSA) is 91.0 Å². The van der Waals surface area contributed by atoms with E-state index in [0.717, 1.165) is 25.1 Å². The van der Waals surface area contributed by atoms with Crippen LogP contribution in [0.25, 0.3) is 16.9 Å². The molecular weight excluding hydrogens is 516 g/mol. The van der Waals surface area contributed by atoms with Crippen LogP contribution in [0.5, 0.6) is 0 Å². The first-order valence-electron chi connectivity index (χ1n) is 13.5. The molecule has 40 heavy (non-hydrogen) atoms. The van der Waals surface area contributed by atoms with E-state index in [4.69, 9.17) is 0 Å². The summed E-state index contributed by atoms with van der Waals surface area (Å²) < 4.78 is 31.9. The fourth-order valence-corrected chi connectivity index (χ4v) is 5.96. The van der Waals surface area contributed by atoms with Crippen molar-refractivity contribution in [3.63, 3.8) is 0 Å². The third-order valence-electron chi connectivity index (χ3n) is 8.48. The summed E-state index contributed by atoms with van der Waals surface area (Å²) in [5, 5.41) is 13.9. The van der Waals surface area contributed by atoms with Gasteiger partial charge in [-0.05, 0) is 54.5 Å². The van der Waals surface area contributed by atoms with Crippen LogP contribution in [0.15, 0.2) is 54.6 Å². The summed E-state index contributed by atoms with van der Waals surface area (Å²) in [6, 6.07) is 15.0. The largest absolute Gasteiger partial charge is 0.481 e. The number of aromatic nitrogens is 3. The number of amides is 1. The number of aliphatic carboxylic acids is 1. The van der Waals surface area contributed by atoms with Crippen LogP contribution < -0.4 is 4.90 Å². The molecule has 4 aromatic rings. The zero-order valence-electron chi connectivity index (χ0n) is 21.8. The van der Waals surface area contributed by atoms with Gasteiger partial charge in [0.15, 0.2) is 5.65 Å². The Labute approximate surface area is 228 Å². The number of fused-ring (bicyclic) bond motifs is 2. The lowest BCUT2D eigenvalue weighted by molar-refractivity contribution is -0.138. The number of rotatable bonds is 5. The van der Waals surface area contributed by atoms with Crippen molar-refractivity contribution in [1.82, 2.24) is 19.5 Å². The van der Waals surface area contributed by atoms with Crippen LogP contribution in [-0.4, -0.2) is 56.1 Å². The van der Waals surface area contributed by atoms with E-state index in [0.29, 0.717) is 34.7 Å². The average Bonchev–Trinajstić information content (AvgIpc) is 3.61. The standard InChI is InChI=1S/C30H27F2N5O3/c1-16-18-5-2-3-6-19(18)24(32)15-36(16)29(38)26-14-28(35-9-4-10-35)37-27(33-26)13-25(34-37)20-8-7-17(11-23(20)31)21-12-22(21)30(39)40/h2-3,5-8,11,13-14,16,21-22,24H,4,9-10,12,15H2,1H3,(H,39,40)/t16-,21-,22+,24?/m1/s1. The first-order chi connectivity index (χ1) is 19.3. The Morgan fingerprint density at radius 2 is 1.82 bits per heavy atom. The van der Waals surface area contributed by atoms with E-state index >= 15 is 8.78 Å². The van der Waals surface area contributed by atoms with Crippen LogP contribution in [0, 0.1) is 11.7 Å². The minimum absolute atomic E-state index is 0.0608. The van der Waals surface area contributed by atoms with Gasteiger partial charge in [0.1, 0.15) is 23.5 Å². The monoisotopic (exact) mass is 543 g/mol. The van der Waals surface area contributed by atoms with Gasteiger partial charge in [0.25, 0.3) is 5.91 Å². The highest BCUT2D eigenvalue weighted by Crippen LogP contribution is 2.48. The molecule has 4 heterocycles. The molecule has 2 aromatic carbocycles. The molecule has 0 spiro atoms. The third-order valence-corrected chi connectivity index (χ3v) is 8.48. The number of halogens is 2. The number of carboxylic acid groups (broad SMARTS) is 1. The van der Waals surface area contributed by atoms with Crippen molar-refractivity contribution in [2.24, 2.45) is 5.92 Å². The molecule has 1 saturated heterocycles. The first-order valence-corrected chi connectivity index (χ1v) is 13.5. The molecule has 0 bridgehead atoms. The number of nitrogens with zero attached hydrogens (tertiary/aromatic N) is 5. The molecule has 8 nitrogen and oxygen atoms in total. The van der Waals surface area contributed by atoms with Gasteiger partial charge >= 0.3 is 5.97 Å². The number of anilines is 1. The second kappa shape index (κ2) is 9.11. The van der Waals surface area contributed by atoms with Crippen molar-refractivity contribution in [1.29, 1.82) is 0 Å². The molecule has 1 saturated carbocycles. The molecule has 7 rings (SSSR count). The SMILES string of the molecule is C[C@@H]1c2ccccc2C(F)CN1C(=O)c1cc(N2CCC2)n2nc(-c3ccc([C@H]4C[C@@H]4C(=O)O)cc3F)cc2n1. The lowest BCUT2D eigenvalue weighted by Gasteiger charge is -2.37. The number of alkyl halides is 1. The van der Waals surface area contributed by atoms with Gasteiger partial charge in [-0.3, -0.25) is 9.59 Å².